The fraction of sp³-hybridized carbons (Fsp3) is 1.00. The highest BCUT2D eigenvalue weighted by molar-refractivity contribution is 8.00. The highest BCUT2D eigenvalue weighted by Crippen LogP contribution is 2.29. The van der Waals surface area contributed by atoms with Crippen molar-refractivity contribution in [2.45, 2.75) is 24.8 Å². The van der Waals surface area contributed by atoms with Crippen LogP contribution in [-0.2, 0) is 4.74 Å². The van der Waals surface area contributed by atoms with Gasteiger partial charge in [0.25, 0.3) is 0 Å². The second kappa shape index (κ2) is 3.33. The van der Waals surface area contributed by atoms with Crippen LogP contribution in [0.1, 0.15) is 13.3 Å². The summed E-state index contributed by atoms with van der Waals surface area (Å²) >= 11 is 2.06. The van der Waals surface area contributed by atoms with E-state index in [0.717, 1.165) is 19.1 Å². The van der Waals surface area contributed by atoms with E-state index in [9.17, 15) is 0 Å². The van der Waals surface area contributed by atoms with Crippen LogP contribution in [0.3, 0.4) is 0 Å². The largest absolute Gasteiger partial charge is 0.381 e. The lowest BCUT2D eigenvalue weighted by Gasteiger charge is -2.16. The third-order valence-electron chi connectivity index (χ3n) is 2.37. The molecule has 11 heavy (non-hydrogen) atoms. The van der Waals surface area contributed by atoms with E-state index in [0.29, 0.717) is 11.4 Å². The lowest BCUT2D eigenvalue weighted by Crippen LogP contribution is -2.33. The summed E-state index contributed by atoms with van der Waals surface area (Å²) in [6.07, 6.45) is 1.25. The van der Waals surface area contributed by atoms with Crippen LogP contribution in [0.2, 0.25) is 0 Å². The SMILES string of the molecule is CC1CSC(C2CCOC2)N1. The fourth-order valence-corrected chi connectivity index (χ4v) is 3.10. The molecule has 2 aliphatic rings. The minimum atomic E-state index is 0.674. The van der Waals surface area contributed by atoms with E-state index in [4.69, 9.17) is 4.74 Å². The van der Waals surface area contributed by atoms with E-state index >= 15 is 0 Å². The van der Waals surface area contributed by atoms with Crippen LogP contribution in [0.5, 0.6) is 0 Å². The Bertz CT molecular complexity index is 136. The molecule has 2 fully saturated rings. The molecule has 0 aromatic carbocycles. The van der Waals surface area contributed by atoms with Crippen LogP contribution >= 0.6 is 11.8 Å². The average Bonchev–Trinajstić information content (AvgIpc) is 2.55. The summed E-state index contributed by atoms with van der Waals surface area (Å²) in [7, 11) is 0. The predicted octanol–water partition coefficient (Wildman–Crippen LogP) is 1.07. The van der Waals surface area contributed by atoms with Crippen LogP contribution in [0, 0.1) is 5.92 Å². The summed E-state index contributed by atoms with van der Waals surface area (Å²) in [6.45, 7) is 4.19. The third-order valence-corrected chi connectivity index (χ3v) is 3.94. The Labute approximate surface area is 72.1 Å². The Morgan fingerprint density at radius 1 is 1.55 bits per heavy atom. The first-order chi connectivity index (χ1) is 5.36. The van der Waals surface area contributed by atoms with Crippen LogP contribution in [0.4, 0.5) is 0 Å². The minimum Gasteiger partial charge on any atom is -0.381 e. The molecule has 0 spiro atoms. The Kier molecular flexibility index (Phi) is 2.39. The van der Waals surface area contributed by atoms with Gasteiger partial charge in [0.2, 0.25) is 0 Å². The average molecular weight is 173 g/mol. The lowest BCUT2D eigenvalue weighted by atomic mass is 10.1. The number of hydrogen-bond donors (Lipinski definition) is 1. The molecule has 1 N–H and O–H groups in total. The van der Waals surface area contributed by atoms with Gasteiger partial charge < -0.3 is 10.1 Å². The Hall–Kier alpha value is 0.270. The van der Waals surface area contributed by atoms with E-state index in [-0.39, 0.29) is 0 Å². The monoisotopic (exact) mass is 173 g/mol. The van der Waals surface area contributed by atoms with Gasteiger partial charge in [-0.1, -0.05) is 0 Å². The molecule has 2 rings (SSSR count). The molecule has 0 amide bonds. The Morgan fingerprint density at radius 3 is 3.00 bits per heavy atom. The van der Waals surface area contributed by atoms with Gasteiger partial charge in [0.15, 0.2) is 0 Å². The van der Waals surface area contributed by atoms with Gasteiger partial charge in [-0.05, 0) is 13.3 Å². The zero-order valence-corrected chi connectivity index (χ0v) is 7.69. The molecular formula is C8H15NOS. The summed E-state index contributed by atoms with van der Waals surface area (Å²) in [4.78, 5) is 0. The number of rotatable bonds is 1. The summed E-state index contributed by atoms with van der Waals surface area (Å²) in [5.41, 5.74) is 0. The maximum Gasteiger partial charge on any atom is 0.0586 e. The molecular weight excluding hydrogens is 158 g/mol. The second-order valence-electron chi connectivity index (χ2n) is 3.45. The van der Waals surface area contributed by atoms with Crippen molar-refractivity contribution in [2.24, 2.45) is 5.92 Å². The van der Waals surface area contributed by atoms with Gasteiger partial charge in [-0.25, -0.2) is 0 Å². The molecule has 2 nitrogen and oxygen atoms in total. The molecule has 2 aliphatic heterocycles. The van der Waals surface area contributed by atoms with Crippen molar-refractivity contribution in [1.29, 1.82) is 0 Å². The normalized spacial score (nSPS) is 45.0. The number of ether oxygens (including phenoxy) is 1. The summed E-state index contributed by atoms with van der Waals surface area (Å²) < 4.78 is 5.35. The van der Waals surface area contributed by atoms with Gasteiger partial charge in [-0.15, -0.1) is 11.8 Å². The number of nitrogens with one attached hydrogen (secondary N) is 1. The molecule has 64 valence electrons. The van der Waals surface area contributed by atoms with E-state index in [1.165, 1.54) is 12.2 Å². The molecule has 3 heteroatoms. The fourth-order valence-electron chi connectivity index (χ4n) is 1.69. The van der Waals surface area contributed by atoms with Gasteiger partial charge >= 0.3 is 0 Å². The van der Waals surface area contributed by atoms with Crippen LogP contribution in [-0.4, -0.2) is 30.4 Å². The number of thioether (sulfide) groups is 1. The topological polar surface area (TPSA) is 21.3 Å². The maximum absolute atomic E-state index is 5.35. The van der Waals surface area contributed by atoms with Crippen molar-refractivity contribution in [3.8, 4) is 0 Å². The first kappa shape index (κ1) is 7.90. The molecule has 2 saturated heterocycles. The molecule has 2 heterocycles. The predicted molar refractivity (Wildman–Crippen MR) is 47.8 cm³/mol. The first-order valence-electron chi connectivity index (χ1n) is 4.31. The van der Waals surface area contributed by atoms with E-state index in [2.05, 4.69) is 24.0 Å². The number of hydrogen-bond acceptors (Lipinski definition) is 3. The van der Waals surface area contributed by atoms with Gasteiger partial charge in [0.05, 0.1) is 12.0 Å². The van der Waals surface area contributed by atoms with Crippen molar-refractivity contribution < 1.29 is 4.74 Å². The molecule has 0 aliphatic carbocycles. The lowest BCUT2D eigenvalue weighted by molar-refractivity contribution is 0.183. The highest BCUT2D eigenvalue weighted by atomic mass is 32.2. The zero-order valence-electron chi connectivity index (χ0n) is 6.88. The van der Waals surface area contributed by atoms with Crippen LogP contribution < -0.4 is 5.32 Å². The smallest absolute Gasteiger partial charge is 0.0586 e. The quantitative estimate of drug-likeness (QED) is 0.641. The van der Waals surface area contributed by atoms with Crippen molar-refractivity contribution in [3.63, 3.8) is 0 Å². The standard InChI is InChI=1S/C8H15NOS/c1-6-5-11-8(9-6)7-2-3-10-4-7/h6-9H,2-5H2,1H3. The molecule has 0 bridgehead atoms. The Balaban J connectivity index is 1.85. The van der Waals surface area contributed by atoms with Crippen molar-refractivity contribution >= 4 is 11.8 Å². The van der Waals surface area contributed by atoms with Crippen LogP contribution in [0.25, 0.3) is 0 Å². The minimum absolute atomic E-state index is 0.674. The van der Waals surface area contributed by atoms with Crippen molar-refractivity contribution in [3.05, 3.63) is 0 Å². The van der Waals surface area contributed by atoms with Crippen molar-refractivity contribution in [1.82, 2.24) is 5.32 Å². The zero-order chi connectivity index (χ0) is 7.68. The van der Waals surface area contributed by atoms with Crippen LogP contribution in [0.15, 0.2) is 0 Å². The molecule has 0 radical (unpaired) electrons. The second-order valence-corrected chi connectivity index (χ2v) is 4.62. The molecule has 0 saturated carbocycles. The molecule has 0 aromatic heterocycles. The summed E-state index contributed by atoms with van der Waals surface area (Å²) in [5.74, 6) is 2.03. The maximum atomic E-state index is 5.35. The Morgan fingerprint density at radius 2 is 2.45 bits per heavy atom. The van der Waals surface area contributed by atoms with E-state index in [1.807, 2.05) is 0 Å². The summed E-state index contributed by atoms with van der Waals surface area (Å²) in [5, 5.41) is 4.25. The van der Waals surface area contributed by atoms with Crippen molar-refractivity contribution in [2.75, 3.05) is 19.0 Å². The third kappa shape index (κ3) is 1.71. The van der Waals surface area contributed by atoms with E-state index in [1.54, 1.807) is 0 Å². The highest BCUT2D eigenvalue weighted by Gasteiger charge is 2.30. The molecule has 3 unspecified atom stereocenters. The first-order valence-corrected chi connectivity index (χ1v) is 5.36. The van der Waals surface area contributed by atoms with Gasteiger partial charge in [-0.3, -0.25) is 0 Å². The van der Waals surface area contributed by atoms with Gasteiger partial charge in [-0.2, -0.15) is 0 Å². The van der Waals surface area contributed by atoms with E-state index < -0.39 is 0 Å². The molecule has 3 atom stereocenters. The molecule has 0 aromatic rings. The van der Waals surface area contributed by atoms with Gasteiger partial charge in [0, 0.05) is 24.3 Å². The summed E-state index contributed by atoms with van der Waals surface area (Å²) in [6, 6.07) is 0.700. The van der Waals surface area contributed by atoms with Gasteiger partial charge in [0.1, 0.15) is 0 Å².